The van der Waals surface area contributed by atoms with E-state index in [1.54, 1.807) is 12.1 Å². The molecule has 3 aromatic rings. The smallest absolute Gasteiger partial charge is 0.475 e. The van der Waals surface area contributed by atoms with Gasteiger partial charge in [0.2, 0.25) is 0 Å². The van der Waals surface area contributed by atoms with Gasteiger partial charge in [0.1, 0.15) is 18.0 Å². The molecule has 0 bridgehead atoms. The molecule has 11 heteroatoms. The molecule has 7 nitrogen and oxygen atoms in total. The third-order valence-corrected chi connectivity index (χ3v) is 4.21. The summed E-state index contributed by atoms with van der Waals surface area (Å²) in [5.74, 6) is -3.15. The van der Waals surface area contributed by atoms with Crippen LogP contribution in [0.5, 0.6) is 0 Å². The van der Waals surface area contributed by atoms with E-state index in [-0.39, 0.29) is 17.9 Å². The van der Waals surface area contributed by atoms with E-state index in [1.165, 1.54) is 25.4 Å². The summed E-state index contributed by atoms with van der Waals surface area (Å²) in [5, 5.41) is 20.4. The molecular formula is C22H19F4N3O4. The minimum absolute atomic E-state index is 0.0483. The molecule has 0 saturated heterocycles. The molecule has 1 atom stereocenters. The second-order valence-electron chi connectivity index (χ2n) is 6.65. The summed E-state index contributed by atoms with van der Waals surface area (Å²) in [6.45, 7) is 1.60. The predicted octanol–water partition coefficient (Wildman–Crippen LogP) is 4.26. The van der Waals surface area contributed by atoms with Crippen molar-refractivity contribution in [3.8, 4) is 11.3 Å². The van der Waals surface area contributed by atoms with Crippen LogP contribution in [0.15, 0.2) is 60.9 Å². The van der Waals surface area contributed by atoms with E-state index >= 15 is 0 Å². The van der Waals surface area contributed by atoms with Crippen LogP contribution >= 0.6 is 0 Å². The number of hydrogen-bond donors (Lipinski definition) is 3. The zero-order valence-electron chi connectivity index (χ0n) is 17.2. The Balaban J connectivity index is 0.000000479. The lowest BCUT2D eigenvalue weighted by Gasteiger charge is -2.13. The number of alkyl halides is 3. The van der Waals surface area contributed by atoms with Gasteiger partial charge in [0, 0.05) is 18.2 Å². The lowest BCUT2D eigenvalue weighted by molar-refractivity contribution is -0.192. The number of carbonyl (C=O) groups excluding carboxylic acids is 1. The number of anilines is 1. The van der Waals surface area contributed by atoms with Crippen LogP contribution in [0.4, 0.5) is 23.4 Å². The number of ketones is 1. The van der Waals surface area contributed by atoms with Gasteiger partial charge in [0.25, 0.3) is 0 Å². The molecule has 0 amide bonds. The Labute approximate surface area is 185 Å². The number of halogens is 4. The highest BCUT2D eigenvalue weighted by Crippen LogP contribution is 2.22. The highest BCUT2D eigenvalue weighted by molar-refractivity contribution is 5.94. The normalized spacial score (nSPS) is 11.7. The molecule has 0 radical (unpaired) electrons. The Hall–Kier alpha value is -3.86. The fourth-order valence-electron chi connectivity index (χ4n) is 2.57. The number of nitrogens with one attached hydrogen (secondary N) is 1. The van der Waals surface area contributed by atoms with Gasteiger partial charge in [0.15, 0.2) is 5.78 Å². The number of carboxylic acids is 1. The third-order valence-electron chi connectivity index (χ3n) is 4.21. The van der Waals surface area contributed by atoms with Gasteiger partial charge in [-0.25, -0.2) is 19.2 Å². The van der Waals surface area contributed by atoms with Crippen LogP contribution in [0.25, 0.3) is 11.3 Å². The monoisotopic (exact) mass is 465 g/mol. The van der Waals surface area contributed by atoms with Crippen molar-refractivity contribution in [2.45, 2.75) is 19.2 Å². The number of aromatic nitrogens is 2. The van der Waals surface area contributed by atoms with Gasteiger partial charge in [-0.2, -0.15) is 13.2 Å². The second kappa shape index (κ2) is 11.1. The second-order valence-corrected chi connectivity index (χ2v) is 6.65. The Kier molecular flexibility index (Phi) is 8.57. The van der Waals surface area contributed by atoms with Crippen molar-refractivity contribution in [1.82, 2.24) is 9.97 Å². The maximum atomic E-state index is 14.0. The Morgan fingerprint density at radius 3 is 2.24 bits per heavy atom. The molecule has 0 aliphatic carbocycles. The molecule has 0 unspecified atom stereocenters. The van der Waals surface area contributed by atoms with Crippen LogP contribution in [-0.2, 0) is 4.79 Å². The number of aliphatic hydroxyl groups is 1. The van der Waals surface area contributed by atoms with Gasteiger partial charge in [0.05, 0.1) is 17.4 Å². The molecule has 0 fully saturated rings. The van der Waals surface area contributed by atoms with Gasteiger partial charge < -0.3 is 15.5 Å². The average molecular weight is 465 g/mol. The largest absolute Gasteiger partial charge is 0.490 e. The van der Waals surface area contributed by atoms with Crippen molar-refractivity contribution in [3.63, 3.8) is 0 Å². The number of aliphatic hydroxyl groups excluding tert-OH is 1. The molecule has 3 N–H and O–H groups in total. The van der Waals surface area contributed by atoms with Gasteiger partial charge in [-0.15, -0.1) is 0 Å². The lowest BCUT2D eigenvalue weighted by Crippen LogP contribution is -2.21. The highest BCUT2D eigenvalue weighted by Gasteiger charge is 2.38. The van der Waals surface area contributed by atoms with E-state index in [9.17, 15) is 27.5 Å². The number of Topliss-reactive ketones (excluding diaryl/α,β-unsaturated/α-hetero) is 1. The van der Waals surface area contributed by atoms with E-state index in [2.05, 4.69) is 15.3 Å². The first-order valence-corrected chi connectivity index (χ1v) is 9.39. The number of benzene rings is 2. The first kappa shape index (κ1) is 25.4. The molecule has 33 heavy (non-hydrogen) atoms. The fraction of sp³-hybridized carbons (Fsp3) is 0.182. The lowest BCUT2D eigenvalue weighted by atomic mass is 10.1. The predicted molar refractivity (Wildman–Crippen MR) is 111 cm³/mol. The zero-order chi connectivity index (χ0) is 24.6. The molecule has 1 heterocycles. The molecule has 0 aliphatic heterocycles. The summed E-state index contributed by atoms with van der Waals surface area (Å²) >= 11 is 0. The molecule has 174 valence electrons. The number of nitrogens with zero attached hydrogens (tertiary/aromatic N) is 2. The highest BCUT2D eigenvalue weighted by atomic mass is 19.4. The topological polar surface area (TPSA) is 112 Å². The van der Waals surface area contributed by atoms with Gasteiger partial charge in [-0.1, -0.05) is 36.4 Å². The van der Waals surface area contributed by atoms with Crippen LogP contribution < -0.4 is 5.32 Å². The van der Waals surface area contributed by atoms with Crippen molar-refractivity contribution < 1.29 is 37.4 Å². The number of hydrogen-bond acceptors (Lipinski definition) is 6. The molecule has 0 saturated carbocycles. The first-order chi connectivity index (χ1) is 15.5. The number of carbonyl (C=O) groups is 2. The molecular weight excluding hydrogens is 446 g/mol. The average Bonchev–Trinajstić information content (AvgIpc) is 2.77. The first-order valence-electron chi connectivity index (χ1n) is 9.39. The Bertz CT molecular complexity index is 1110. The molecule has 2 aromatic carbocycles. The van der Waals surface area contributed by atoms with E-state index in [1.807, 2.05) is 30.3 Å². The van der Waals surface area contributed by atoms with Crippen molar-refractivity contribution in [2.75, 3.05) is 11.9 Å². The minimum atomic E-state index is -5.08. The number of aliphatic carboxylic acids is 1. The molecule has 0 aliphatic rings. The van der Waals surface area contributed by atoms with E-state index in [4.69, 9.17) is 9.90 Å². The summed E-state index contributed by atoms with van der Waals surface area (Å²) in [6, 6.07) is 15.3. The number of carboxylic acid groups (broad SMARTS) is 1. The van der Waals surface area contributed by atoms with E-state index in [0.717, 1.165) is 5.56 Å². The summed E-state index contributed by atoms with van der Waals surface area (Å²) in [6.07, 6.45) is -4.40. The van der Waals surface area contributed by atoms with Crippen molar-refractivity contribution in [3.05, 3.63) is 77.9 Å². The summed E-state index contributed by atoms with van der Waals surface area (Å²) in [7, 11) is 0. The van der Waals surface area contributed by atoms with Crippen LogP contribution in [0.1, 0.15) is 28.9 Å². The Morgan fingerprint density at radius 1 is 1.06 bits per heavy atom. The maximum absolute atomic E-state index is 14.0. The van der Waals surface area contributed by atoms with Crippen molar-refractivity contribution >= 4 is 17.6 Å². The third kappa shape index (κ3) is 7.65. The van der Waals surface area contributed by atoms with Crippen molar-refractivity contribution in [1.29, 1.82) is 0 Å². The summed E-state index contributed by atoms with van der Waals surface area (Å²) in [5.41, 5.74) is 1.91. The van der Waals surface area contributed by atoms with Crippen LogP contribution in [0, 0.1) is 5.82 Å². The quantitative estimate of drug-likeness (QED) is 0.368. The number of rotatable bonds is 6. The summed E-state index contributed by atoms with van der Waals surface area (Å²) < 4.78 is 45.8. The van der Waals surface area contributed by atoms with E-state index < -0.39 is 24.1 Å². The fourth-order valence-corrected chi connectivity index (χ4v) is 2.57. The van der Waals surface area contributed by atoms with Crippen LogP contribution in [-0.4, -0.2) is 44.7 Å². The van der Waals surface area contributed by atoms with Gasteiger partial charge in [-0.3, -0.25) is 4.79 Å². The Morgan fingerprint density at radius 2 is 1.70 bits per heavy atom. The van der Waals surface area contributed by atoms with Crippen molar-refractivity contribution in [2.24, 2.45) is 0 Å². The van der Waals surface area contributed by atoms with Crippen LogP contribution in [0.3, 0.4) is 0 Å². The SMILES string of the molecule is CC(=O)c1ccc(-c2cc(NC[C@H](O)c3ccccc3)ncn2)cc1F.O=C(O)C(F)(F)F. The molecule has 3 rings (SSSR count). The summed E-state index contributed by atoms with van der Waals surface area (Å²) in [4.78, 5) is 28.5. The van der Waals surface area contributed by atoms with E-state index in [0.29, 0.717) is 17.1 Å². The maximum Gasteiger partial charge on any atom is 0.490 e. The van der Waals surface area contributed by atoms with Gasteiger partial charge in [-0.05, 0) is 24.6 Å². The standard InChI is InChI=1S/C20H18FN3O2.C2HF3O2/c1-13(25)16-8-7-15(9-17(16)21)18-10-20(24-12-23-18)22-11-19(26)14-5-3-2-4-6-14;3-2(4,5)1(6)7/h2-10,12,19,26H,11H2,1H3,(H,22,23,24);(H,6,7)/t19-;/m0./s1. The van der Waals surface area contributed by atoms with Crippen LogP contribution in [0.2, 0.25) is 0 Å². The molecule has 1 aromatic heterocycles. The zero-order valence-corrected chi connectivity index (χ0v) is 17.2. The minimum Gasteiger partial charge on any atom is -0.475 e. The molecule has 0 spiro atoms. The van der Waals surface area contributed by atoms with Gasteiger partial charge >= 0.3 is 12.1 Å².